The van der Waals surface area contributed by atoms with Crippen molar-refractivity contribution >= 4 is 22.0 Å². The molecule has 0 spiro atoms. The average Bonchev–Trinajstić information content (AvgIpc) is 2.95. The Morgan fingerprint density at radius 3 is 2.52 bits per heavy atom. The topological polar surface area (TPSA) is 75.5 Å². The zero-order chi connectivity index (χ0) is 19.4. The standard InChI is InChI=1S/C19H24N4O3S/c1-16(13-17-7-4-3-5-8-17)19(24)22-9-6-10-23(12-11-22)27(25,26)18-14-21(2)15-20-18/h3-5,7-8,13-15H,6,9-12H2,1-2H3. The van der Waals surface area contributed by atoms with Gasteiger partial charge in [0.15, 0.2) is 5.03 Å². The number of hydrogen-bond donors (Lipinski definition) is 0. The van der Waals surface area contributed by atoms with Gasteiger partial charge in [-0.2, -0.15) is 4.31 Å². The Kier molecular flexibility index (Phi) is 5.76. The van der Waals surface area contributed by atoms with Crippen LogP contribution in [0, 0.1) is 0 Å². The molecule has 0 radical (unpaired) electrons. The van der Waals surface area contributed by atoms with Crippen LogP contribution in [0.2, 0.25) is 0 Å². The highest BCUT2D eigenvalue weighted by molar-refractivity contribution is 7.89. The molecule has 7 nitrogen and oxygen atoms in total. The van der Waals surface area contributed by atoms with E-state index in [0.717, 1.165) is 5.56 Å². The van der Waals surface area contributed by atoms with Crippen molar-refractivity contribution in [2.24, 2.45) is 7.05 Å². The SMILES string of the molecule is CC(=Cc1ccccc1)C(=O)N1CCCN(S(=O)(=O)c2cn(C)cn2)CC1. The van der Waals surface area contributed by atoms with E-state index in [1.807, 2.05) is 36.4 Å². The number of aromatic nitrogens is 2. The molecule has 2 heterocycles. The van der Waals surface area contributed by atoms with Crippen molar-refractivity contribution in [1.82, 2.24) is 18.8 Å². The molecule has 0 aliphatic carbocycles. The number of nitrogens with zero attached hydrogens (tertiary/aromatic N) is 4. The second-order valence-electron chi connectivity index (χ2n) is 6.67. The molecule has 2 aromatic rings. The summed E-state index contributed by atoms with van der Waals surface area (Å²) in [6, 6.07) is 9.67. The maximum absolute atomic E-state index is 12.8. The Bertz CT molecular complexity index is 935. The first-order chi connectivity index (χ1) is 12.9. The second-order valence-corrected chi connectivity index (χ2v) is 8.55. The number of carbonyl (C=O) groups excluding carboxylic acids is 1. The van der Waals surface area contributed by atoms with Crippen molar-refractivity contribution < 1.29 is 13.2 Å². The summed E-state index contributed by atoms with van der Waals surface area (Å²) in [6.07, 6.45) is 5.42. The Labute approximate surface area is 160 Å². The van der Waals surface area contributed by atoms with Crippen LogP contribution in [-0.4, -0.2) is 59.3 Å². The summed E-state index contributed by atoms with van der Waals surface area (Å²) in [7, 11) is -1.90. The van der Waals surface area contributed by atoms with Gasteiger partial charge in [0, 0.05) is 45.0 Å². The third-order valence-corrected chi connectivity index (χ3v) is 6.33. The summed E-state index contributed by atoms with van der Waals surface area (Å²) >= 11 is 0. The lowest BCUT2D eigenvalue weighted by atomic mass is 10.1. The zero-order valence-corrected chi connectivity index (χ0v) is 16.4. The van der Waals surface area contributed by atoms with Crippen molar-refractivity contribution in [2.75, 3.05) is 26.2 Å². The van der Waals surface area contributed by atoms with E-state index in [-0.39, 0.29) is 17.5 Å². The number of benzene rings is 1. The number of aryl methyl sites for hydroxylation is 1. The van der Waals surface area contributed by atoms with E-state index in [9.17, 15) is 13.2 Å². The summed E-state index contributed by atoms with van der Waals surface area (Å²) in [4.78, 5) is 18.4. The van der Waals surface area contributed by atoms with E-state index in [1.54, 1.807) is 23.4 Å². The zero-order valence-electron chi connectivity index (χ0n) is 15.6. The Balaban J connectivity index is 1.69. The highest BCUT2D eigenvalue weighted by Gasteiger charge is 2.30. The van der Waals surface area contributed by atoms with E-state index in [2.05, 4.69) is 4.98 Å². The number of sulfonamides is 1. The minimum absolute atomic E-state index is 0.0462. The van der Waals surface area contributed by atoms with Gasteiger partial charge in [-0.15, -0.1) is 0 Å². The van der Waals surface area contributed by atoms with E-state index in [0.29, 0.717) is 31.6 Å². The average molecular weight is 388 g/mol. The molecule has 0 N–H and O–H groups in total. The fourth-order valence-electron chi connectivity index (χ4n) is 3.10. The molecule has 1 aromatic carbocycles. The van der Waals surface area contributed by atoms with Gasteiger partial charge in [-0.3, -0.25) is 4.79 Å². The van der Waals surface area contributed by atoms with Crippen molar-refractivity contribution in [3.8, 4) is 0 Å². The number of carbonyl (C=O) groups is 1. The van der Waals surface area contributed by atoms with E-state index >= 15 is 0 Å². The van der Waals surface area contributed by atoms with E-state index in [4.69, 9.17) is 0 Å². The molecule has 8 heteroatoms. The molecule has 1 aliphatic heterocycles. The summed E-state index contributed by atoms with van der Waals surface area (Å²) in [5.41, 5.74) is 1.61. The van der Waals surface area contributed by atoms with Gasteiger partial charge in [0.2, 0.25) is 5.91 Å². The predicted octanol–water partition coefficient (Wildman–Crippen LogP) is 1.75. The first-order valence-corrected chi connectivity index (χ1v) is 10.3. The molecule has 27 heavy (non-hydrogen) atoms. The minimum Gasteiger partial charge on any atom is -0.339 e. The molecule has 0 unspecified atom stereocenters. The fourth-order valence-corrected chi connectivity index (χ4v) is 4.54. The molecular weight excluding hydrogens is 364 g/mol. The molecule has 1 saturated heterocycles. The molecule has 1 amide bonds. The molecular formula is C19H24N4O3S. The van der Waals surface area contributed by atoms with Crippen LogP contribution in [0.15, 0.2) is 53.5 Å². The van der Waals surface area contributed by atoms with Crippen LogP contribution in [0.25, 0.3) is 6.08 Å². The van der Waals surface area contributed by atoms with Crippen LogP contribution in [0.4, 0.5) is 0 Å². The molecule has 0 atom stereocenters. The van der Waals surface area contributed by atoms with Crippen molar-refractivity contribution in [3.63, 3.8) is 0 Å². The monoisotopic (exact) mass is 388 g/mol. The quantitative estimate of drug-likeness (QED) is 0.748. The highest BCUT2D eigenvalue weighted by atomic mass is 32.2. The first-order valence-electron chi connectivity index (χ1n) is 8.88. The van der Waals surface area contributed by atoms with Crippen LogP contribution in [-0.2, 0) is 21.9 Å². The Morgan fingerprint density at radius 1 is 1.11 bits per heavy atom. The maximum atomic E-state index is 12.8. The molecule has 1 aromatic heterocycles. The van der Waals surface area contributed by atoms with Gasteiger partial charge in [0.1, 0.15) is 0 Å². The summed E-state index contributed by atoms with van der Waals surface area (Å²) in [5, 5.41) is 0.0462. The lowest BCUT2D eigenvalue weighted by Gasteiger charge is -2.21. The van der Waals surface area contributed by atoms with Crippen molar-refractivity contribution in [2.45, 2.75) is 18.4 Å². The summed E-state index contributed by atoms with van der Waals surface area (Å²) < 4.78 is 28.5. The number of amides is 1. The lowest BCUT2D eigenvalue weighted by molar-refractivity contribution is -0.126. The van der Waals surface area contributed by atoms with Crippen molar-refractivity contribution in [1.29, 1.82) is 0 Å². The third-order valence-electron chi connectivity index (χ3n) is 4.55. The molecule has 3 rings (SSSR count). The van der Waals surface area contributed by atoms with Crippen LogP contribution in [0.3, 0.4) is 0 Å². The van der Waals surface area contributed by atoms with Gasteiger partial charge < -0.3 is 9.47 Å². The predicted molar refractivity (Wildman–Crippen MR) is 103 cm³/mol. The van der Waals surface area contributed by atoms with Gasteiger partial charge in [-0.1, -0.05) is 30.3 Å². The van der Waals surface area contributed by atoms with Gasteiger partial charge in [0.05, 0.1) is 6.33 Å². The van der Waals surface area contributed by atoms with Crippen LogP contribution in [0.1, 0.15) is 18.9 Å². The van der Waals surface area contributed by atoms with Crippen LogP contribution < -0.4 is 0 Å². The number of rotatable bonds is 4. The Hall–Kier alpha value is -2.45. The van der Waals surface area contributed by atoms with E-state index in [1.165, 1.54) is 16.8 Å². The fraction of sp³-hybridized carbons (Fsp3) is 0.368. The minimum atomic E-state index is -3.63. The van der Waals surface area contributed by atoms with E-state index < -0.39 is 10.0 Å². The third kappa shape index (κ3) is 4.45. The summed E-state index contributed by atoms with van der Waals surface area (Å²) in [5.74, 6) is -0.0593. The molecule has 144 valence electrons. The van der Waals surface area contributed by atoms with Crippen LogP contribution >= 0.6 is 0 Å². The molecule has 1 aliphatic rings. The first kappa shape index (κ1) is 19.3. The van der Waals surface area contributed by atoms with Gasteiger partial charge in [-0.25, -0.2) is 13.4 Å². The largest absolute Gasteiger partial charge is 0.339 e. The highest BCUT2D eigenvalue weighted by Crippen LogP contribution is 2.17. The van der Waals surface area contributed by atoms with Gasteiger partial charge in [0.25, 0.3) is 10.0 Å². The van der Waals surface area contributed by atoms with Crippen molar-refractivity contribution in [3.05, 3.63) is 54.0 Å². The van der Waals surface area contributed by atoms with Gasteiger partial charge in [-0.05, 0) is 25.0 Å². The smallest absolute Gasteiger partial charge is 0.262 e. The Morgan fingerprint density at radius 2 is 1.85 bits per heavy atom. The van der Waals surface area contributed by atoms with Gasteiger partial charge >= 0.3 is 0 Å². The van der Waals surface area contributed by atoms with Crippen LogP contribution in [0.5, 0.6) is 0 Å². The maximum Gasteiger partial charge on any atom is 0.262 e. The molecule has 0 saturated carbocycles. The molecule has 1 fully saturated rings. The second kappa shape index (κ2) is 8.06. The summed E-state index contributed by atoms with van der Waals surface area (Å²) in [6.45, 7) is 3.34. The lowest BCUT2D eigenvalue weighted by Crippen LogP contribution is -2.37. The molecule has 0 bridgehead atoms. The number of imidazole rings is 1. The number of hydrogen-bond acceptors (Lipinski definition) is 4. The normalized spacial score (nSPS) is 17.0.